The van der Waals surface area contributed by atoms with Crippen LogP contribution >= 0.6 is 0 Å². The SMILES string of the molecule is O=C1NCC(CC2CCCCN2)O1. The molecule has 0 aromatic rings. The monoisotopic (exact) mass is 184 g/mol. The topological polar surface area (TPSA) is 50.4 Å². The maximum absolute atomic E-state index is 10.7. The summed E-state index contributed by atoms with van der Waals surface area (Å²) in [5.41, 5.74) is 0. The van der Waals surface area contributed by atoms with Gasteiger partial charge < -0.3 is 15.4 Å². The Bertz CT molecular complexity index is 190. The van der Waals surface area contributed by atoms with Crippen LogP contribution in [-0.2, 0) is 4.74 Å². The van der Waals surface area contributed by atoms with Crippen LogP contribution in [0.2, 0.25) is 0 Å². The molecule has 1 amide bonds. The third-order valence-electron chi connectivity index (χ3n) is 2.71. The predicted molar refractivity (Wildman–Crippen MR) is 48.5 cm³/mol. The van der Waals surface area contributed by atoms with Crippen LogP contribution in [0.25, 0.3) is 0 Å². The largest absolute Gasteiger partial charge is 0.444 e. The molecule has 2 N–H and O–H groups in total. The number of cyclic esters (lactones) is 1. The van der Waals surface area contributed by atoms with E-state index in [1.54, 1.807) is 0 Å². The molecule has 13 heavy (non-hydrogen) atoms. The van der Waals surface area contributed by atoms with Gasteiger partial charge in [0.05, 0.1) is 6.54 Å². The van der Waals surface area contributed by atoms with Gasteiger partial charge in [0.15, 0.2) is 0 Å². The molecule has 4 nitrogen and oxygen atoms in total. The molecular formula is C9H16N2O2. The maximum atomic E-state index is 10.7. The van der Waals surface area contributed by atoms with Crippen molar-refractivity contribution in [1.82, 2.24) is 10.6 Å². The standard InChI is InChI=1S/C9H16N2O2/c12-9-11-6-8(13-9)5-7-3-1-2-4-10-7/h7-8,10H,1-6H2,(H,11,12). The summed E-state index contributed by atoms with van der Waals surface area (Å²) >= 11 is 0. The smallest absolute Gasteiger partial charge is 0.407 e. The first-order valence-electron chi connectivity index (χ1n) is 5.02. The van der Waals surface area contributed by atoms with Crippen LogP contribution < -0.4 is 10.6 Å². The molecule has 2 atom stereocenters. The summed E-state index contributed by atoms with van der Waals surface area (Å²) in [7, 11) is 0. The van der Waals surface area contributed by atoms with Gasteiger partial charge in [-0.05, 0) is 19.4 Å². The van der Waals surface area contributed by atoms with E-state index < -0.39 is 0 Å². The minimum atomic E-state index is -0.263. The van der Waals surface area contributed by atoms with Gasteiger partial charge in [0.1, 0.15) is 6.10 Å². The Morgan fingerprint density at radius 2 is 2.38 bits per heavy atom. The zero-order valence-electron chi connectivity index (χ0n) is 7.71. The van der Waals surface area contributed by atoms with E-state index in [4.69, 9.17) is 4.74 Å². The van der Waals surface area contributed by atoms with E-state index >= 15 is 0 Å². The van der Waals surface area contributed by atoms with Gasteiger partial charge in [0.2, 0.25) is 0 Å². The van der Waals surface area contributed by atoms with Gasteiger partial charge in [-0.1, -0.05) is 6.42 Å². The number of nitrogens with one attached hydrogen (secondary N) is 2. The fraction of sp³-hybridized carbons (Fsp3) is 0.889. The molecular weight excluding hydrogens is 168 g/mol. The molecule has 2 saturated heterocycles. The second kappa shape index (κ2) is 3.96. The highest BCUT2D eigenvalue weighted by Crippen LogP contribution is 2.15. The number of amides is 1. The molecule has 4 heteroatoms. The Morgan fingerprint density at radius 3 is 3.00 bits per heavy atom. The fourth-order valence-corrected chi connectivity index (χ4v) is 2.01. The lowest BCUT2D eigenvalue weighted by molar-refractivity contribution is 0.126. The second-order valence-electron chi connectivity index (χ2n) is 3.79. The van der Waals surface area contributed by atoms with E-state index in [2.05, 4.69) is 10.6 Å². The second-order valence-corrected chi connectivity index (χ2v) is 3.79. The molecule has 2 aliphatic heterocycles. The van der Waals surface area contributed by atoms with Crippen molar-refractivity contribution in [3.63, 3.8) is 0 Å². The number of ether oxygens (including phenoxy) is 1. The predicted octanol–water partition coefficient (Wildman–Crippen LogP) is 0.627. The number of piperidine rings is 1. The first-order valence-corrected chi connectivity index (χ1v) is 5.02. The summed E-state index contributed by atoms with van der Waals surface area (Å²) in [6, 6.07) is 0.548. The molecule has 2 rings (SSSR count). The molecule has 0 spiro atoms. The molecule has 2 unspecified atom stereocenters. The average Bonchev–Trinajstić information content (AvgIpc) is 2.53. The van der Waals surface area contributed by atoms with Crippen molar-refractivity contribution < 1.29 is 9.53 Å². The van der Waals surface area contributed by atoms with Gasteiger partial charge in [-0.3, -0.25) is 0 Å². The van der Waals surface area contributed by atoms with Gasteiger partial charge >= 0.3 is 6.09 Å². The average molecular weight is 184 g/mol. The van der Waals surface area contributed by atoms with Gasteiger partial charge in [0.25, 0.3) is 0 Å². The highest BCUT2D eigenvalue weighted by atomic mass is 16.6. The van der Waals surface area contributed by atoms with Crippen LogP contribution in [0.5, 0.6) is 0 Å². The lowest BCUT2D eigenvalue weighted by atomic mass is 9.99. The van der Waals surface area contributed by atoms with E-state index in [1.807, 2.05) is 0 Å². The highest BCUT2D eigenvalue weighted by Gasteiger charge is 2.26. The zero-order chi connectivity index (χ0) is 9.10. The highest BCUT2D eigenvalue weighted by molar-refractivity contribution is 5.69. The van der Waals surface area contributed by atoms with E-state index in [0.29, 0.717) is 12.6 Å². The van der Waals surface area contributed by atoms with Gasteiger partial charge in [0, 0.05) is 12.5 Å². The molecule has 0 aromatic heterocycles. The van der Waals surface area contributed by atoms with E-state index in [-0.39, 0.29) is 12.2 Å². The third-order valence-corrected chi connectivity index (χ3v) is 2.71. The van der Waals surface area contributed by atoms with E-state index in [9.17, 15) is 4.79 Å². The Morgan fingerprint density at radius 1 is 1.46 bits per heavy atom. The normalized spacial score (nSPS) is 34.0. The quantitative estimate of drug-likeness (QED) is 0.661. The number of hydrogen-bond donors (Lipinski definition) is 2. The summed E-state index contributed by atoms with van der Waals surface area (Å²) in [5, 5.41) is 6.11. The maximum Gasteiger partial charge on any atom is 0.407 e. The third kappa shape index (κ3) is 2.34. The molecule has 0 bridgehead atoms. The number of alkyl carbamates (subject to hydrolysis) is 1. The van der Waals surface area contributed by atoms with Crippen molar-refractivity contribution >= 4 is 6.09 Å². The van der Waals surface area contributed by atoms with Crippen LogP contribution in [0.15, 0.2) is 0 Å². The van der Waals surface area contributed by atoms with E-state index in [0.717, 1.165) is 13.0 Å². The summed E-state index contributed by atoms with van der Waals surface area (Å²) in [4.78, 5) is 10.7. The number of carbonyl (C=O) groups excluding carboxylic acids is 1. The van der Waals surface area contributed by atoms with Crippen molar-refractivity contribution in [2.24, 2.45) is 0 Å². The lowest BCUT2D eigenvalue weighted by Gasteiger charge is -2.24. The van der Waals surface area contributed by atoms with Gasteiger partial charge in [-0.15, -0.1) is 0 Å². The van der Waals surface area contributed by atoms with Crippen LogP contribution in [0, 0.1) is 0 Å². The molecule has 2 fully saturated rings. The van der Waals surface area contributed by atoms with Crippen LogP contribution in [0.1, 0.15) is 25.7 Å². The first-order chi connectivity index (χ1) is 6.34. The minimum absolute atomic E-state index is 0.0862. The van der Waals surface area contributed by atoms with Crippen LogP contribution in [0.4, 0.5) is 4.79 Å². The van der Waals surface area contributed by atoms with E-state index in [1.165, 1.54) is 19.3 Å². The van der Waals surface area contributed by atoms with Crippen molar-refractivity contribution in [3.05, 3.63) is 0 Å². The number of rotatable bonds is 2. The molecule has 2 aliphatic rings. The Balaban J connectivity index is 1.73. The molecule has 0 aliphatic carbocycles. The van der Waals surface area contributed by atoms with Crippen LogP contribution in [0.3, 0.4) is 0 Å². The Labute approximate surface area is 78.0 Å². The summed E-state index contributed by atoms with van der Waals surface area (Å²) in [6.07, 6.45) is 4.57. The molecule has 0 radical (unpaired) electrons. The Kier molecular flexibility index (Phi) is 2.68. The molecule has 2 heterocycles. The molecule has 74 valence electrons. The lowest BCUT2D eigenvalue weighted by Crippen LogP contribution is -2.37. The minimum Gasteiger partial charge on any atom is -0.444 e. The van der Waals surface area contributed by atoms with Crippen LogP contribution in [-0.4, -0.2) is 31.3 Å². The summed E-state index contributed by atoms with van der Waals surface area (Å²) in [6.45, 7) is 1.79. The van der Waals surface area contributed by atoms with Crippen molar-refractivity contribution in [3.8, 4) is 0 Å². The molecule has 0 aromatic carbocycles. The van der Waals surface area contributed by atoms with Crippen molar-refractivity contribution in [2.45, 2.75) is 37.8 Å². The Hall–Kier alpha value is -0.770. The fourth-order valence-electron chi connectivity index (χ4n) is 2.01. The van der Waals surface area contributed by atoms with Crippen molar-refractivity contribution in [2.75, 3.05) is 13.1 Å². The number of carbonyl (C=O) groups is 1. The zero-order valence-corrected chi connectivity index (χ0v) is 7.71. The van der Waals surface area contributed by atoms with Gasteiger partial charge in [-0.25, -0.2) is 4.79 Å². The number of hydrogen-bond acceptors (Lipinski definition) is 3. The molecule has 0 saturated carbocycles. The summed E-state index contributed by atoms with van der Waals surface area (Å²) in [5.74, 6) is 0. The summed E-state index contributed by atoms with van der Waals surface area (Å²) < 4.78 is 5.07. The first kappa shape index (κ1) is 8.81. The van der Waals surface area contributed by atoms with Crippen molar-refractivity contribution in [1.29, 1.82) is 0 Å². The van der Waals surface area contributed by atoms with Gasteiger partial charge in [-0.2, -0.15) is 0 Å².